The molecule has 1 heteroatoms. The van der Waals surface area contributed by atoms with Gasteiger partial charge in [-0.3, -0.25) is 4.99 Å². The topological polar surface area (TPSA) is 12.4 Å². The Labute approximate surface area is 130 Å². The molecule has 0 aromatic carbocycles. The summed E-state index contributed by atoms with van der Waals surface area (Å²) in [5.41, 5.74) is 4.36. The molecule has 0 bridgehead atoms. The molecule has 0 aliphatic carbocycles. The Morgan fingerprint density at radius 3 is 2.29 bits per heavy atom. The zero-order valence-electron chi connectivity index (χ0n) is 13.8. The Hall–Kier alpha value is -2.15. The van der Waals surface area contributed by atoms with Crippen LogP contribution in [0.3, 0.4) is 0 Å². The molecule has 0 aromatic heterocycles. The lowest BCUT2D eigenvalue weighted by Gasteiger charge is -2.05. The van der Waals surface area contributed by atoms with Gasteiger partial charge in [-0.1, -0.05) is 68.7 Å². The summed E-state index contributed by atoms with van der Waals surface area (Å²) in [5.74, 6) is 0. The summed E-state index contributed by atoms with van der Waals surface area (Å²) < 4.78 is 0. The normalized spacial score (nSPS) is 15.0. The first-order chi connectivity index (χ1) is 10.1. The molecule has 21 heavy (non-hydrogen) atoms. The van der Waals surface area contributed by atoms with Crippen molar-refractivity contribution in [2.45, 2.75) is 34.1 Å². The highest BCUT2D eigenvalue weighted by atomic mass is 14.7. The SMILES string of the molecule is C=C\C=C/C(=C\C)C(/C)=N/C=C(CC)/C(C=C)=C/C=C\C. The molecule has 0 heterocycles. The van der Waals surface area contributed by atoms with Crippen LogP contribution in [0, 0.1) is 0 Å². The van der Waals surface area contributed by atoms with Crippen molar-refractivity contribution in [2.75, 3.05) is 0 Å². The Balaban J connectivity index is 5.43. The average molecular weight is 281 g/mol. The Morgan fingerprint density at radius 2 is 1.81 bits per heavy atom. The van der Waals surface area contributed by atoms with Gasteiger partial charge < -0.3 is 0 Å². The number of hydrogen-bond donors (Lipinski definition) is 0. The maximum absolute atomic E-state index is 4.58. The number of aliphatic imine (C=N–C) groups is 1. The minimum atomic E-state index is 0.917. The van der Waals surface area contributed by atoms with Gasteiger partial charge in [-0.25, -0.2) is 0 Å². The number of rotatable bonds is 8. The molecule has 0 radical (unpaired) electrons. The molecule has 0 unspecified atom stereocenters. The summed E-state index contributed by atoms with van der Waals surface area (Å²) in [6, 6.07) is 0. The number of hydrogen-bond acceptors (Lipinski definition) is 1. The van der Waals surface area contributed by atoms with Gasteiger partial charge in [0.25, 0.3) is 0 Å². The summed E-state index contributed by atoms with van der Waals surface area (Å²) >= 11 is 0. The van der Waals surface area contributed by atoms with Crippen molar-refractivity contribution in [3.8, 4) is 0 Å². The lowest BCUT2D eigenvalue weighted by molar-refractivity contribution is 1.11. The van der Waals surface area contributed by atoms with Crippen molar-refractivity contribution < 1.29 is 0 Å². The third-order valence-electron chi connectivity index (χ3n) is 2.99. The Kier molecular flexibility index (Phi) is 10.5. The van der Waals surface area contributed by atoms with E-state index in [0.717, 1.165) is 23.3 Å². The zero-order valence-corrected chi connectivity index (χ0v) is 13.8. The highest BCUT2D eigenvalue weighted by Crippen LogP contribution is 2.16. The molecule has 0 aliphatic heterocycles. The Bertz CT molecular complexity index is 520. The first kappa shape index (κ1) is 18.9. The van der Waals surface area contributed by atoms with Gasteiger partial charge in [0.1, 0.15) is 0 Å². The van der Waals surface area contributed by atoms with E-state index in [2.05, 4.69) is 31.2 Å². The van der Waals surface area contributed by atoms with Gasteiger partial charge in [0.05, 0.1) is 0 Å². The summed E-state index contributed by atoms with van der Waals surface area (Å²) in [6.45, 7) is 15.7. The fourth-order valence-electron chi connectivity index (χ4n) is 1.72. The molecule has 1 nitrogen and oxygen atoms in total. The molecule has 0 saturated heterocycles. The summed E-state index contributed by atoms with van der Waals surface area (Å²) in [7, 11) is 0. The van der Waals surface area contributed by atoms with Gasteiger partial charge in [-0.2, -0.15) is 0 Å². The predicted molar refractivity (Wildman–Crippen MR) is 97.7 cm³/mol. The summed E-state index contributed by atoms with van der Waals surface area (Å²) in [6.07, 6.45) is 18.5. The van der Waals surface area contributed by atoms with Crippen LogP contribution in [0.2, 0.25) is 0 Å². The minimum absolute atomic E-state index is 0.917. The molecule has 0 fully saturated rings. The lowest BCUT2D eigenvalue weighted by Crippen LogP contribution is -1.94. The van der Waals surface area contributed by atoms with Crippen molar-refractivity contribution in [1.29, 1.82) is 0 Å². The molecule has 0 aromatic rings. The molecule has 0 N–H and O–H groups in total. The maximum atomic E-state index is 4.58. The molecule has 0 saturated carbocycles. The first-order valence-corrected chi connectivity index (χ1v) is 7.29. The van der Waals surface area contributed by atoms with Crippen LogP contribution in [0.4, 0.5) is 0 Å². The van der Waals surface area contributed by atoms with E-state index in [-0.39, 0.29) is 0 Å². The highest BCUT2D eigenvalue weighted by molar-refractivity contribution is 6.01. The second-order valence-corrected chi connectivity index (χ2v) is 4.41. The third-order valence-corrected chi connectivity index (χ3v) is 2.99. The van der Waals surface area contributed by atoms with E-state index in [0.29, 0.717) is 0 Å². The fraction of sp³-hybridized carbons (Fsp3) is 0.250. The summed E-state index contributed by atoms with van der Waals surface area (Å²) in [4.78, 5) is 4.58. The first-order valence-electron chi connectivity index (χ1n) is 7.29. The molecule has 0 rings (SSSR count). The van der Waals surface area contributed by atoms with Crippen molar-refractivity contribution in [3.05, 3.63) is 84.7 Å². The molecular weight excluding hydrogens is 254 g/mol. The van der Waals surface area contributed by atoms with Crippen molar-refractivity contribution in [3.63, 3.8) is 0 Å². The molecule has 0 spiro atoms. The van der Waals surface area contributed by atoms with Gasteiger partial charge >= 0.3 is 0 Å². The van der Waals surface area contributed by atoms with E-state index in [9.17, 15) is 0 Å². The van der Waals surface area contributed by atoms with E-state index < -0.39 is 0 Å². The van der Waals surface area contributed by atoms with Crippen LogP contribution in [-0.2, 0) is 0 Å². The molecule has 0 aliphatic rings. The van der Waals surface area contributed by atoms with Crippen molar-refractivity contribution >= 4 is 5.71 Å². The van der Waals surface area contributed by atoms with Gasteiger partial charge in [-0.05, 0) is 43.9 Å². The summed E-state index contributed by atoms with van der Waals surface area (Å²) in [5, 5.41) is 0. The zero-order chi connectivity index (χ0) is 16.1. The monoisotopic (exact) mass is 281 g/mol. The lowest BCUT2D eigenvalue weighted by atomic mass is 10.0. The molecular formula is C20H27N. The number of nitrogens with zero attached hydrogens (tertiary/aromatic N) is 1. The molecule has 0 atom stereocenters. The third kappa shape index (κ3) is 7.26. The van der Waals surface area contributed by atoms with Gasteiger partial charge in [0.2, 0.25) is 0 Å². The maximum Gasteiger partial charge on any atom is 0.0441 e. The van der Waals surface area contributed by atoms with Crippen molar-refractivity contribution in [1.82, 2.24) is 0 Å². The average Bonchev–Trinajstić information content (AvgIpc) is 2.51. The van der Waals surface area contributed by atoms with E-state index in [4.69, 9.17) is 0 Å². The second kappa shape index (κ2) is 11.7. The van der Waals surface area contributed by atoms with Crippen LogP contribution in [0.25, 0.3) is 0 Å². The van der Waals surface area contributed by atoms with Gasteiger partial charge in [-0.15, -0.1) is 0 Å². The van der Waals surface area contributed by atoms with Crippen LogP contribution >= 0.6 is 0 Å². The Morgan fingerprint density at radius 1 is 1.10 bits per heavy atom. The molecule has 0 amide bonds. The second-order valence-electron chi connectivity index (χ2n) is 4.41. The standard InChI is InChI=1S/C20H27N/c1-7-12-14-18(9-3)17(6)21-16-20(11-5)19(10-4)15-13-8-2/h7-10,12-16H,1,4,11H2,2-3,5-6H3/b13-8-,14-12-,18-9+,19-15+,20-16+,21-17+. The van der Waals surface area contributed by atoms with Crippen LogP contribution in [0.1, 0.15) is 34.1 Å². The van der Waals surface area contributed by atoms with Crippen LogP contribution < -0.4 is 0 Å². The van der Waals surface area contributed by atoms with E-state index >= 15 is 0 Å². The van der Waals surface area contributed by atoms with Gasteiger partial charge in [0, 0.05) is 11.9 Å². The van der Waals surface area contributed by atoms with Crippen molar-refractivity contribution in [2.24, 2.45) is 4.99 Å². The van der Waals surface area contributed by atoms with E-state index in [1.54, 1.807) is 6.08 Å². The smallest absolute Gasteiger partial charge is 0.0441 e. The van der Waals surface area contributed by atoms with E-state index in [1.807, 2.05) is 63.4 Å². The number of allylic oxidation sites excluding steroid dienone is 11. The van der Waals surface area contributed by atoms with Gasteiger partial charge in [0.15, 0.2) is 0 Å². The highest BCUT2D eigenvalue weighted by Gasteiger charge is 1.99. The quantitative estimate of drug-likeness (QED) is 0.375. The molecule has 112 valence electrons. The van der Waals surface area contributed by atoms with E-state index in [1.165, 1.54) is 5.57 Å². The van der Waals surface area contributed by atoms with Crippen LogP contribution in [-0.4, -0.2) is 5.71 Å². The largest absolute Gasteiger partial charge is 0.261 e. The van der Waals surface area contributed by atoms with Crippen LogP contribution in [0.15, 0.2) is 89.7 Å². The minimum Gasteiger partial charge on any atom is -0.261 e. The predicted octanol–water partition coefficient (Wildman–Crippen LogP) is 6.12. The fourth-order valence-corrected chi connectivity index (χ4v) is 1.72. The van der Waals surface area contributed by atoms with Crippen LogP contribution in [0.5, 0.6) is 0 Å².